The summed E-state index contributed by atoms with van der Waals surface area (Å²) in [4.78, 5) is 0. The van der Waals surface area contributed by atoms with Crippen LogP contribution in [0.15, 0.2) is 22.7 Å². The monoisotopic (exact) mass is 358 g/mol. The molecule has 19 heavy (non-hydrogen) atoms. The molecular weight excluding hydrogens is 344 g/mol. The summed E-state index contributed by atoms with van der Waals surface area (Å²) >= 11 is 9.29. The second-order valence-electron chi connectivity index (χ2n) is 4.88. The SMILES string of the molecule is CC(O)(CCCC(F)(F)F)Cc1ccc(Br)cc1Cl. The first-order chi connectivity index (χ1) is 8.59. The van der Waals surface area contributed by atoms with Crippen LogP contribution >= 0.6 is 27.5 Å². The molecule has 0 aromatic heterocycles. The summed E-state index contributed by atoms with van der Waals surface area (Å²) in [6.45, 7) is 1.53. The molecule has 0 aliphatic rings. The van der Waals surface area contributed by atoms with Crippen molar-refractivity contribution in [2.45, 2.75) is 44.4 Å². The van der Waals surface area contributed by atoms with Gasteiger partial charge in [0.1, 0.15) is 0 Å². The third-order valence-corrected chi connectivity index (χ3v) is 3.61. The minimum atomic E-state index is -4.18. The lowest BCUT2D eigenvalue weighted by Gasteiger charge is -2.24. The van der Waals surface area contributed by atoms with Crippen molar-refractivity contribution in [2.75, 3.05) is 0 Å². The van der Waals surface area contributed by atoms with Crippen LogP contribution in [-0.4, -0.2) is 16.9 Å². The van der Waals surface area contributed by atoms with Crippen LogP contribution in [0.25, 0.3) is 0 Å². The number of hydrogen-bond acceptors (Lipinski definition) is 1. The van der Waals surface area contributed by atoms with E-state index >= 15 is 0 Å². The number of aliphatic hydroxyl groups is 1. The van der Waals surface area contributed by atoms with E-state index in [1.807, 2.05) is 0 Å². The van der Waals surface area contributed by atoms with Crippen LogP contribution in [0.2, 0.25) is 5.02 Å². The zero-order chi connectivity index (χ0) is 14.7. The fraction of sp³-hybridized carbons (Fsp3) is 0.538. The van der Waals surface area contributed by atoms with Crippen molar-refractivity contribution >= 4 is 27.5 Å². The molecule has 1 atom stereocenters. The maximum absolute atomic E-state index is 12.1. The van der Waals surface area contributed by atoms with Gasteiger partial charge in [-0.25, -0.2) is 0 Å². The number of hydrogen-bond donors (Lipinski definition) is 1. The Morgan fingerprint density at radius 1 is 1.26 bits per heavy atom. The van der Waals surface area contributed by atoms with Crippen LogP contribution in [0.4, 0.5) is 13.2 Å². The van der Waals surface area contributed by atoms with Gasteiger partial charge in [0.05, 0.1) is 5.60 Å². The molecule has 108 valence electrons. The van der Waals surface area contributed by atoms with Gasteiger partial charge in [0, 0.05) is 22.3 Å². The van der Waals surface area contributed by atoms with Crippen LogP contribution in [-0.2, 0) is 6.42 Å². The standard InChI is InChI=1S/C13H15BrClF3O/c1-12(19,5-2-6-13(16,17)18)8-9-3-4-10(14)7-11(9)15/h3-4,7,19H,2,5-6,8H2,1H3. The number of benzene rings is 1. The van der Waals surface area contributed by atoms with Gasteiger partial charge in [-0.3, -0.25) is 0 Å². The number of rotatable bonds is 5. The highest BCUT2D eigenvalue weighted by Crippen LogP contribution is 2.29. The fourth-order valence-corrected chi connectivity index (χ4v) is 2.57. The predicted molar refractivity (Wildman–Crippen MR) is 73.4 cm³/mol. The highest BCUT2D eigenvalue weighted by Gasteiger charge is 2.29. The number of halogens is 5. The fourth-order valence-electron chi connectivity index (χ4n) is 1.83. The molecule has 1 aromatic carbocycles. The summed E-state index contributed by atoms with van der Waals surface area (Å²) in [5.41, 5.74) is -0.468. The largest absolute Gasteiger partial charge is 0.390 e. The lowest BCUT2D eigenvalue weighted by atomic mass is 9.91. The molecule has 0 heterocycles. The molecule has 1 aromatic rings. The highest BCUT2D eigenvalue weighted by atomic mass is 79.9. The zero-order valence-corrected chi connectivity index (χ0v) is 12.7. The minimum Gasteiger partial charge on any atom is -0.390 e. The molecule has 0 saturated heterocycles. The average Bonchev–Trinajstić information content (AvgIpc) is 2.20. The molecule has 1 unspecified atom stereocenters. The van der Waals surface area contributed by atoms with E-state index in [0.717, 1.165) is 10.0 Å². The molecule has 1 nitrogen and oxygen atoms in total. The van der Waals surface area contributed by atoms with Gasteiger partial charge in [0.2, 0.25) is 0 Å². The Bertz CT molecular complexity index is 432. The molecule has 6 heteroatoms. The van der Waals surface area contributed by atoms with E-state index in [4.69, 9.17) is 11.6 Å². The quantitative estimate of drug-likeness (QED) is 0.773. The van der Waals surface area contributed by atoms with E-state index in [2.05, 4.69) is 15.9 Å². The van der Waals surface area contributed by atoms with E-state index in [0.29, 0.717) is 5.02 Å². The first-order valence-corrected chi connectivity index (χ1v) is 6.99. The first-order valence-electron chi connectivity index (χ1n) is 5.82. The normalized spacial score (nSPS) is 15.3. The van der Waals surface area contributed by atoms with Gasteiger partial charge in [-0.15, -0.1) is 0 Å². The summed E-state index contributed by atoms with van der Waals surface area (Å²) in [7, 11) is 0. The Morgan fingerprint density at radius 3 is 2.42 bits per heavy atom. The molecule has 0 amide bonds. The summed E-state index contributed by atoms with van der Waals surface area (Å²) < 4.78 is 37.0. The third-order valence-electron chi connectivity index (χ3n) is 2.76. The molecule has 0 radical (unpaired) electrons. The maximum Gasteiger partial charge on any atom is 0.389 e. The summed E-state index contributed by atoms with van der Waals surface area (Å²) in [6.07, 6.45) is -4.83. The van der Waals surface area contributed by atoms with E-state index in [9.17, 15) is 18.3 Å². The van der Waals surface area contributed by atoms with Gasteiger partial charge in [-0.2, -0.15) is 13.2 Å². The third kappa shape index (κ3) is 6.63. The van der Waals surface area contributed by atoms with Crippen LogP contribution in [0.5, 0.6) is 0 Å². The Kier molecular flexibility index (Phi) is 5.71. The first kappa shape index (κ1) is 16.8. The molecule has 0 saturated carbocycles. The van der Waals surface area contributed by atoms with Crippen molar-refractivity contribution in [1.29, 1.82) is 0 Å². The Morgan fingerprint density at radius 2 is 1.89 bits per heavy atom. The average molecular weight is 360 g/mol. The van der Waals surface area contributed by atoms with Crippen molar-refractivity contribution in [1.82, 2.24) is 0 Å². The van der Waals surface area contributed by atoms with Gasteiger partial charge in [0.25, 0.3) is 0 Å². The summed E-state index contributed by atoms with van der Waals surface area (Å²) in [6, 6.07) is 5.24. The molecule has 0 aliphatic carbocycles. The van der Waals surface area contributed by atoms with Gasteiger partial charge in [-0.1, -0.05) is 33.6 Å². The van der Waals surface area contributed by atoms with Crippen LogP contribution in [0.1, 0.15) is 31.7 Å². The molecule has 0 aliphatic heterocycles. The van der Waals surface area contributed by atoms with E-state index < -0.39 is 18.2 Å². The zero-order valence-electron chi connectivity index (χ0n) is 10.4. The molecule has 0 spiro atoms. The second-order valence-corrected chi connectivity index (χ2v) is 6.20. The minimum absolute atomic E-state index is 0.0822. The van der Waals surface area contributed by atoms with Gasteiger partial charge in [0.15, 0.2) is 0 Å². The Labute approximate surface area is 123 Å². The molecule has 0 fully saturated rings. The Hall–Kier alpha value is -0.260. The molecule has 0 bridgehead atoms. The van der Waals surface area contributed by atoms with Gasteiger partial charge in [-0.05, 0) is 37.5 Å². The lowest BCUT2D eigenvalue weighted by Crippen LogP contribution is -2.27. The van der Waals surface area contributed by atoms with Gasteiger partial charge < -0.3 is 5.11 Å². The van der Waals surface area contributed by atoms with E-state index in [1.54, 1.807) is 18.2 Å². The smallest absolute Gasteiger partial charge is 0.389 e. The van der Waals surface area contributed by atoms with Crippen molar-refractivity contribution in [3.63, 3.8) is 0 Å². The molecule has 1 N–H and O–H groups in total. The van der Waals surface area contributed by atoms with Crippen LogP contribution in [0, 0.1) is 0 Å². The van der Waals surface area contributed by atoms with E-state index in [-0.39, 0.29) is 19.3 Å². The molecule has 1 rings (SSSR count). The summed E-state index contributed by atoms with van der Waals surface area (Å²) in [5, 5.41) is 10.6. The van der Waals surface area contributed by atoms with E-state index in [1.165, 1.54) is 6.92 Å². The van der Waals surface area contributed by atoms with Crippen molar-refractivity contribution in [3.05, 3.63) is 33.3 Å². The second kappa shape index (κ2) is 6.46. The van der Waals surface area contributed by atoms with Crippen molar-refractivity contribution in [2.24, 2.45) is 0 Å². The topological polar surface area (TPSA) is 20.2 Å². The van der Waals surface area contributed by atoms with Crippen LogP contribution < -0.4 is 0 Å². The highest BCUT2D eigenvalue weighted by molar-refractivity contribution is 9.10. The van der Waals surface area contributed by atoms with Crippen LogP contribution in [0.3, 0.4) is 0 Å². The van der Waals surface area contributed by atoms with Crippen molar-refractivity contribution < 1.29 is 18.3 Å². The Balaban J connectivity index is 2.58. The van der Waals surface area contributed by atoms with Gasteiger partial charge >= 0.3 is 6.18 Å². The van der Waals surface area contributed by atoms with Crippen molar-refractivity contribution in [3.8, 4) is 0 Å². The summed E-state index contributed by atoms with van der Waals surface area (Å²) in [5.74, 6) is 0. The predicted octanol–water partition coefficient (Wildman–Crippen LogP) is 5.13. The maximum atomic E-state index is 12.1. The lowest BCUT2D eigenvalue weighted by molar-refractivity contribution is -0.137. The molecular formula is C13H15BrClF3O. The number of alkyl halides is 3.